The fraction of sp³-hybridized carbons (Fsp3) is 0.333. The predicted octanol–water partition coefficient (Wildman–Crippen LogP) is 1.01. The van der Waals surface area contributed by atoms with Crippen molar-refractivity contribution in [2.75, 3.05) is 12.3 Å². The molecular weight excluding hydrogens is 219 g/mol. The van der Waals surface area contributed by atoms with Crippen molar-refractivity contribution in [3.8, 4) is 0 Å². The Morgan fingerprint density at radius 1 is 1.47 bits per heavy atom. The highest BCUT2D eigenvalue weighted by atomic mass is 32.2. The summed E-state index contributed by atoms with van der Waals surface area (Å²) in [6.07, 6.45) is 0. The van der Waals surface area contributed by atoms with E-state index in [2.05, 4.69) is 4.72 Å². The predicted molar refractivity (Wildman–Crippen MR) is 56.4 cm³/mol. The first-order valence-corrected chi connectivity index (χ1v) is 5.92. The van der Waals surface area contributed by atoms with Crippen LogP contribution in [0.2, 0.25) is 0 Å². The van der Waals surface area contributed by atoms with Crippen LogP contribution in [0.1, 0.15) is 12.5 Å². The van der Waals surface area contributed by atoms with Gasteiger partial charge in [0.15, 0.2) is 0 Å². The normalized spacial score (nSPS) is 11.7. The third-order valence-electron chi connectivity index (χ3n) is 1.90. The van der Waals surface area contributed by atoms with Gasteiger partial charge in [0, 0.05) is 6.54 Å². The summed E-state index contributed by atoms with van der Waals surface area (Å²) in [4.78, 5) is -0.0132. The zero-order chi connectivity index (χ0) is 11.6. The van der Waals surface area contributed by atoms with Crippen LogP contribution < -0.4 is 10.5 Å². The standard InChI is InChI=1S/C9H13FN2O2S/c1-3-12-15(13,14)7-4-6(2)9(10)8(11)5-7/h4-5,12H,3,11H2,1-2H3. The Kier molecular flexibility index (Phi) is 3.31. The van der Waals surface area contributed by atoms with E-state index in [1.807, 2.05) is 0 Å². The number of benzene rings is 1. The van der Waals surface area contributed by atoms with E-state index in [0.29, 0.717) is 0 Å². The maximum Gasteiger partial charge on any atom is 0.240 e. The van der Waals surface area contributed by atoms with Gasteiger partial charge in [-0.2, -0.15) is 0 Å². The quantitative estimate of drug-likeness (QED) is 0.764. The van der Waals surface area contributed by atoms with Crippen molar-refractivity contribution >= 4 is 15.7 Å². The molecule has 1 rings (SSSR count). The molecule has 3 N–H and O–H groups in total. The molecule has 0 unspecified atom stereocenters. The van der Waals surface area contributed by atoms with Gasteiger partial charge in [0.25, 0.3) is 0 Å². The number of hydrogen-bond acceptors (Lipinski definition) is 3. The third kappa shape index (κ3) is 2.45. The van der Waals surface area contributed by atoms with Crippen LogP contribution in [-0.2, 0) is 10.0 Å². The van der Waals surface area contributed by atoms with Crippen LogP contribution in [0, 0.1) is 12.7 Å². The first-order chi connectivity index (χ1) is 6.88. The molecule has 15 heavy (non-hydrogen) atoms. The second-order valence-electron chi connectivity index (χ2n) is 3.14. The molecule has 1 aromatic carbocycles. The number of nitrogens with one attached hydrogen (secondary N) is 1. The van der Waals surface area contributed by atoms with Gasteiger partial charge in [-0.15, -0.1) is 0 Å². The third-order valence-corrected chi connectivity index (χ3v) is 3.43. The smallest absolute Gasteiger partial charge is 0.240 e. The van der Waals surface area contributed by atoms with Crippen LogP contribution in [0.25, 0.3) is 0 Å². The lowest BCUT2D eigenvalue weighted by Gasteiger charge is -2.07. The Labute approximate surface area is 88.3 Å². The molecule has 0 aliphatic carbocycles. The minimum Gasteiger partial charge on any atom is -0.396 e. The summed E-state index contributed by atoms with van der Waals surface area (Å²) in [6, 6.07) is 2.37. The SMILES string of the molecule is CCNS(=O)(=O)c1cc(C)c(F)c(N)c1. The van der Waals surface area contributed by atoms with E-state index in [1.165, 1.54) is 13.0 Å². The molecule has 0 spiro atoms. The van der Waals surface area contributed by atoms with E-state index in [-0.39, 0.29) is 22.7 Å². The molecule has 0 radical (unpaired) electrons. The lowest BCUT2D eigenvalue weighted by molar-refractivity contribution is 0.582. The maximum absolute atomic E-state index is 13.1. The number of sulfonamides is 1. The minimum atomic E-state index is -3.57. The largest absolute Gasteiger partial charge is 0.396 e. The van der Waals surface area contributed by atoms with Gasteiger partial charge in [-0.05, 0) is 24.6 Å². The number of nitrogen functional groups attached to an aromatic ring is 1. The summed E-state index contributed by atoms with van der Waals surface area (Å²) in [5.74, 6) is -0.578. The van der Waals surface area contributed by atoms with Crippen molar-refractivity contribution < 1.29 is 12.8 Å². The number of nitrogens with two attached hydrogens (primary N) is 1. The average Bonchev–Trinajstić information content (AvgIpc) is 2.13. The number of anilines is 1. The highest BCUT2D eigenvalue weighted by Crippen LogP contribution is 2.20. The summed E-state index contributed by atoms with van der Waals surface area (Å²) < 4.78 is 38.6. The summed E-state index contributed by atoms with van der Waals surface area (Å²) in [6.45, 7) is 3.41. The Morgan fingerprint density at radius 2 is 2.07 bits per heavy atom. The van der Waals surface area contributed by atoms with Crippen molar-refractivity contribution in [3.63, 3.8) is 0 Å². The van der Waals surface area contributed by atoms with Crippen molar-refractivity contribution in [2.24, 2.45) is 0 Å². The molecule has 0 saturated heterocycles. The van der Waals surface area contributed by atoms with Gasteiger partial charge in [0.2, 0.25) is 10.0 Å². The van der Waals surface area contributed by atoms with Crippen LogP contribution in [-0.4, -0.2) is 15.0 Å². The molecule has 0 atom stereocenters. The molecule has 0 aliphatic heterocycles. The van der Waals surface area contributed by atoms with E-state index in [4.69, 9.17) is 5.73 Å². The Hall–Kier alpha value is -1.14. The topological polar surface area (TPSA) is 72.2 Å². The van der Waals surface area contributed by atoms with E-state index >= 15 is 0 Å². The molecular formula is C9H13FN2O2S. The van der Waals surface area contributed by atoms with Gasteiger partial charge < -0.3 is 5.73 Å². The zero-order valence-electron chi connectivity index (χ0n) is 8.54. The molecule has 0 fully saturated rings. The molecule has 4 nitrogen and oxygen atoms in total. The van der Waals surface area contributed by atoms with E-state index in [9.17, 15) is 12.8 Å². The second-order valence-corrected chi connectivity index (χ2v) is 4.91. The molecule has 84 valence electrons. The number of aryl methyl sites for hydroxylation is 1. The van der Waals surface area contributed by atoms with Gasteiger partial charge in [-0.3, -0.25) is 0 Å². The Balaban J connectivity index is 3.29. The minimum absolute atomic E-state index is 0.0132. The lowest BCUT2D eigenvalue weighted by Crippen LogP contribution is -2.23. The highest BCUT2D eigenvalue weighted by Gasteiger charge is 2.15. The summed E-state index contributed by atoms with van der Waals surface area (Å²) >= 11 is 0. The van der Waals surface area contributed by atoms with Crippen LogP contribution >= 0.6 is 0 Å². The molecule has 0 amide bonds. The molecule has 0 aliphatic rings. The molecule has 0 heterocycles. The first-order valence-electron chi connectivity index (χ1n) is 4.43. The van der Waals surface area contributed by atoms with E-state index in [0.717, 1.165) is 6.07 Å². The number of rotatable bonds is 3. The van der Waals surface area contributed by atoms with Crippen LogP contribution in [0.5, 0.6) is 0 Å². The first kappa shape index (κ1) is 11.9. The van der Waals surface area contributed by atoms with Crippen molar-refractivity contribution in [1.29, 1.82) is 0 Å². The van der Waals surface area contributed by atoms with Crippen LogP contribution in [0.3, 0.4) is 0 Å². The van der Waals surface area contributed by atoms with Gasteiger partial charge >= 0.3 is 0 Å². The molecule has 0 saturated carbocycles. The van der Waals surface area contributed by atoms with Crippen LogP contribution in [0.4, 0.5) is 10.1 Å². The monoisotopic (exact) mass is 232 g/mol. The number of hydrogen-bond donors (Lipinski definition) is 2. The fourth-order valence-electron chi connectivity index (χ4n) is 1.19. The maximum atomic E-state index is 13.1. The van der Waals surface area contributed by atoms with Crippen LogP contribution in [0.15, 0.2) is 17.0 Å². The van der Waals surface area contributed by atoms with E-state index in [1.54, 1.807) is 6.92 Å². The van der Waals surface area contributed by atoms with Crippen molar-refractivity contribution in [1.82, 2.24) is 4.72 Å². The Bertz CT molecular complexity index is 448. The van der Waals surface area contributed by atoms with Gasteiger partial charge in [-0.25, -0.2) is 17.5 Å². The molecule has 6 heteroatoms. The average molecular weight is 232 g/mol. The van der Waals surface area contributed by atoms with Gasteiger partial charge in [0.1, 0.15) is 5.82 Å². The second kappa shape index (κ2) is 4.16. The molecule has 0 bridgehead atoms. The van der Waals surface area contributed by atoms with Crippen molar-refractivity contribution in [3.05, 3.63) is 23.5 Å². The van der Waals surface area contributed by atoms with E-state index < -0.39 is 15.8 Å². The van der Waals surface area contributed by atoms with Gasteiger partial charge in [-0.1, -0.05) is 6.92 Å². The summed E-state index contributed by atoms with van der Waals surface area (Å²) in [5.41, 5.74) is 5.40. The van der Waals surface area contributed by atoms with Crippen molar-refractivity contribution in [2.45, 2.75) is 18.7 Å². The Morgan fingerprint density at radius 3 is 2.53 bits per heavy atom. The molecule has 1 aromatic rings. The zero-order valence-corrected chi connectivity index (χ0v) is 9.36. The summed E-state index contributed by atoms with van der Waals surface area (Å²) in [7, 11) is -3.57. The van der Waals surface area contributed by atoms with Gasteiger partial charge in [0.05, 0.1) is 10.6 Å². The lowest BCUT2D eigenvalue weighted by atomic mass is 10.2. The highest BCUT2D eigenvalue weighted by molar-refractivity contribution is 7.89. The summed E-state index contributed by atoms with van der Waals surface area (Å²) in [5, 5.41) is 0. The number of halogens is 1. The molecule has 0 aromatic heterocycles. The fourth-order valence-corrected chi connectivity index (χ4v) is 2.35.